The van der Waals surface area contributed by atoms with E-state index in [1.54, 1.807) is 18.2 Å². The SMILES string of the molecule is COc1cc(NS(=O)(=O)c2ccc(Cl)nc2)cc(OC)c1. The molecule has 0 aliphatic carbocycles. The number of nitrogens with one attached hydrogen (secondary N) is 1. The van der Waals surface area contributed by atoms with Crippen LogP contribution in [0.4, 0.5) is 5.69 Å². The molecule has 0 unspecified atom stereocenters. The monoisotopic (exact) mass is 328 g/mol. The number of sulfonamides is 1. The first-order valence-electron chi connectivity index (χ1n) is 5.82. The van der Waals surface area contributed by atoms with Crippen LogP contribution in [0, 0.1) is 0 Å². The third kappa shape index (κ3) is 3.77. The topological polar surface area (TPSA) is 77.5 Å². The Hall–Kier alpha value is -1.99. The van der Waals surface area contributed by atoms with Crippen molar-refractivity contribution in [2.24, 2.45) is 0 Å². The van der Waals surface area contributed by atoms with E-state index in [1.165, 1.54) is 32.5 Å². The van der Waals surface area contributed by atoms with Crippen LogP contribution in [-0.4, -0.2) is 27.6 Å². The number of rotatable bonds is 5. The van der Waals surface area contributed by atoms with E-state index in [2.05, 4.69) is 9.71 Å². The maximum atomic E-state index is 12.2. The Morgan fingerprint density at radius 2 is 1.71 bits per heavy atom. The maximum Gasteiger partial charge on any atom is 0.263 e. The minimum atomic E-state index is -3.76. The molecule has 112 valence electrons. The average molecular weight is 329 g/mol. The van der Waals surface area contributed by atoms with Crippen molar-refractivity contribution in [3.05, 3.63) is 41.7 Å². The highest BCUT2D eigenvalue weighted by Crippen LogP contribution is 2.27. The molecule has 1 aromatic heterocycles. The molecule has 0 saturated carbocycles. The predicted molar refractivity (Wildman–Crippen MR) is 79.6 cm³/mol. The molecule has 0 spiro atoms. The predicted octanol–water partition coefficient (Wildman–Crippen LogP) is 2.55. The molecule has 6 nitrogen and oxygen atoms in total. The highest BCUT2D eigenvalue weighted by molar-refractivity contribution is 7.92. The highest BCUT2D eigenvalue weighted by atomic mass is 35.5. The van der Waals surface area contributed by atoms with E-state index in [0.29, 0.717) is 17.2 Å². The zero-order valence-electron chi connectivity index (χ0n) is 11.3. The van der Waals surface area contributed by atoms with E-state index in [9.17, 15) is 8.42 Å². The Balaban J connectivity index is 2.34. The van der Waals surface area contributed by atoms with Crippen LogP contribution >= 0.6 is 11.6 Å². The molecule has 0 atom stereocenters. The van der Waals surface area contributed by atoms with Crippen molar-refractivity contribution in [3.63, 3.8) is 0 Å². The van der Waals surface area contributed by atoms with E-state index >= 15 is 0 Å². The molecule has 1 aromatic carbocycles. The first-order chi connectivity index (χ1) is 9.94. The summed E-state index contributed by atoms with van der Waals surface area (Å²) in [6.45, 7) is 0. The number of ether oxygens (including phenoxy) is 2. The molecule has 1 heterocycles. The van der Waals surface area contributed by atoms with Crippen LogP contribution < -0.4 is 14.2 Å². The quantitative estimate of drug-likeness (QED) is 0.853. The zero-order valence-corrected chi connectivity index (χ0v) is 12.9. The number of pyridine rings is 1. The maximum absolute atomic E-state index is 12.2. The van der Waals surface area contributed by atoms with Gasteiger partial charge in [-0.25, -0.2) is 13.4 Å². The number of aromatic nitrogens is 1. The van der Waals surface area contributed by atoms with Gasteiger partial charge in [0.15, 0.2) is 0 Å². The fraction of sp³-hybridized carbons (Fsp3) is 0.154. The number of halogens is 1. The lowest BCUT2D eigenvalue weighted by atomic mass is 10.3. The summed E-state index contributed by atoms with van der Waals surface area (Å²) in [5.74, 6) is 0.947. The van der Waals surface area contributed by atoms with Crippen molar-refractivity contribution < 1.29 is 17.9 Å². The summed E-state index contributed by atoms with van der Waals surface area (Å²) < 4.78 is 37.1. The summed E-state index contributed by atoms with van der Waals surface area (Å²) in [5, 5.41) is 0.219. The summed E-state index contributed by atoms with van der Waals surface area (Å²) in [6.07, 6.45) is 1.18. The second kappa shape index (κ2) is 6.19. The number of nitrogens with zero attached hydrogens (tertiary/aromatic N) is 1. The van der Waals surface area contributed by atoms with E-state index in [1.807, 2.05) is 0 Å². The lowest BCUT2D eigenvalue weighted by Crippen LogP contribution is -2.13. The fourth-order valence-electron chi connectivity index (χ4n) is 1.60. The number of anilines is 1. The van der Waals surface area contributed by atoms with Crippen molar-refractivity contribution >= 4 is 27.3 Å². The minimum absolute atomic E-state index is 0.00804. The molecule has 0 aliphatic heterocycles. The third-order valence-electron chi connectivity index (χ3n) is 2.61. The largest absolute Gasteiger partial charge is 0.497 e. The van der Waals surface area contributed by atoms with Crippen molar-refractivity contribution in [2.45, 2.75) is 4.90 Å². The minimum Gasteiger partial charge on any atom is -0.497 e. The van der Waals surface area contributed by atoms with Crippen LogP contribution in [0.25, 0.3) is 0 Å². The summed E-state index contributed by atoms with van der Waals surface area (Å²) in [7, 11) is -0.798. The standard InChI is InChI=1S/C13H13ClN2O4S/c1-19-10-5-9(6-11(7-10)20-2)16-21(17,18)12-3-4-13(14)15-8-12/h3-8,16H,1-2H3. The molecule has 21 heavy (non-hydrogen) atoms. The number of methoxy groups -OCH3 is 2. The van der Waals surface area contributed by atoms with E-state index in [4.69, 9.17) is 21.1 Å². The molecule has 8 heteroatoms. The van der Waals surface area contributed by atoms with Gasteiger partial charge in [-0.2, -0.15) is 0 Å². The Labute approximate surface area is 127 Å². The summed E-state index contributed by atoms with van der Waals surface area (Å²) in [5.41, 5.74) is 0.321. The Bertz CT molecular complexity index is 710. The first-order valence-corrected chi connectivity index (χ1v) is 7.68. The molecular weight excluding hydrogens is 316 g/mol. The summed E-state index contributed by atoms with van der Waals surface area (Å²) in [6, 6.07) is 7.51. The first kappa shape index (κ1) is 15.4. The third-order valence-corrected chi connectivity index (χ3v) is 4.20. The highest BCUT2D eigenvalue weighted by Gasteiger charge is 2.15. The van der Waals surface area contributed by atoms with Gasteiger partial charge in [0.1, 0.15) is 21.5 Å². The Morgan fingerprint density at radius 3 is 2.19 bits per heavy atom. The van der Waals surface area contributed by atoms with Gasteiger partial charge >= 0.3 is 0 Å². The molecule has 0 fully saturated rings. The van der Waals surface area contributed by atoms with Crippen LogP contribution in [0.5, 0.6) is 11.5 Å². The summed E-state index contributed by atoms with van der Waals surface area (Å²) >= 11 is 5.64. The Morgan fingerprint density at radius 1 is 1.10 bits per heavy atom. The van der Waals surface area contributed by atoms with E-state index in [0.717, 1.165) is 0 Å². The van der Waals surface area contributed by atoms with Gasteiger partial charge < -0.3 is 9.47 Å². The van der Waals surface area contributed by atoms with Gasteiger partial charge in [-0.15, -0.1) is 0 Å². The zero-order chi connectivity index (χ0) is 15.5. The molecule has 0 aliphatic rings. The van der Waals surface area contributed by atoms with Gasteiger partial charge in [0.25, 0.3) is 10.0 Å². The molecule has 0 amide bonds. The fourth-order valence-corrected chi connectivity index (χ4v) is 2.70. The molecular formula is C13H13ClN2O4S. The lowest BCUT2D eigenvalue weighted by molar-refractivity contribution is 0.395. The molecule has 2 aromatic rings. The molecule has 0 saturated heterocycles. The van der Waals surface area contributed by atoms with Crippen LogP contribution in [0.3, 0.4) is 0 Å². The van der Waals surface area contributed by atoms with Crippen LogP contribution in [0.1, 0.15) is 0 Å². The van der Waals surface area contributed by atoms with Crippen molar-refractivity contribution in [2.75, 3.05) is 18.9 Å². The summed E-state index contributed by atoms with van der Waals surface area (Å²) in [4.78, 5) is 3.76. The number of hydrogen-bond acceptors (Lipinski definition) is 5. The number of hydrogen-bond donors (Lipinski definition) is 1. The molecule has 0 radical (unpaired) electrons. The molecule has 2 rings (SSSR count). The lowest BCUT2D eigenvalue weighted by Gasteiger charge is -2.11. The average Bonchev–Trinajstić information content (AvgIpc) is 2.46. The van der Waals surface area contributed by atoms with Crippen molar-refractivity contribution in [1.82, 2.24) is 4.98 Å². The van der Waals surface area contributed by atoms with Gasteiger partial charge in [0.05, 0.1) is 19.9 Å². The Kier molecular flexibility index (Phi) is 4.54. The van der Waals surface area contributed by atoms with E-state index < -0.39 is 10.0 Å². The second-order valence-electron chi connectivity index (χ2n) is 4.02. The smallest absolute Gasteiger partial charge is 0.263 e. The van der Waals surface area contributed by atoms with Crippen LogP contribution in [0.15, 0.2) is 41.4 Å². The molecule has 1 N–H and O–H groups in total. The normalized spacial score (nSPS) is 11.0. The van der Waals surface area contributed by atoms with Crippen molar-refractivity contribution in [1.29, 1.82) is 0 Å². The van der Waals surface area contributed by atoms with E-state index in [-0.39, 0.29) is 10.0 Å². The van der Waals surface area contributed by atoms with Gasteiger partial charge in [0.2, 0.25) is 0 Å². The van der Waals surface area contributed by atoms with Gasteiger partial charge in [0, 0.05) is 24.4 Å². The molecule has 0 bridgehead atoms. The second-order valence-corrected chi connectivity index (χ2v) is 6.09. The van der Waals surface area contributed by atoms with Gasteiger partial charge in [-0.05, 0) is 12.1 Å². The van der Waals surface area contributed by atoms with Gasteiger partial charge in [-0.3, -0.25) is 4.72 Å². The van der Waals surface area contributed by atoms with Gasteiger partial charge in [-0.1, -0.05) is 11.6 Å². The van der Waals surface area contributed by atoms with Crippen LogP contribution in [0.2, 0.25) is 5.15 Å². The number of benzene rings is 1. The van der Waals surface area contributed by atoms with Crippen LogP contribution in [-0.2, 0) is 10.0 Å². The van der Waals surface area contributed by atoms with Crippen molar-refractivity contribution in [3.8, 4) is 11.5 Å².